The maximum Gasteiger partial charge on any atom is 0.379 e. The first-order chi connectivity index (χ1) is 6.52. The first-order valence-corrected chi connectivity index (χ1v) is 4.33. The molecule has 2 rings (SSSR count). The molecule has 1 aromatic rings. The molecule has 0 saturated carbocycles. The van der Waals surface area contributed by atoms with Crippen LogP contribution in [0, 0.1) is 0 Å². The average Bonchev–Trinajstić information content (AvgIpc) is 2.57. The number of aromatic nitrogens is 3. The Morgan fingerprint density at radius 2 is 2.00 bits per heavy atom. The summed E-state index contributed by atoms with van der Waals surface area (Å²) in [4.78, 5) is 0. The fourth-order valence-corrected chi connectivity index (χ4v) is 1.49. The van der Waals surface area contributed by atoms with Crippen molar-refractivity contribution in [2.75, 3.05) is 5.73 Å². The summed E-state index contributed by atoms with van der Waals surface area (Å²) in [6, 6.07) is 0. The number of hydrogen-bond donors (Lipinski definition) is 2. The highest BCUT2D eigenvalue weighted by atomic mass is 32.1. The molecule has 80 valence electrons. The highest BCUT2D eigenvalue weighted by molar-refractivity contribution is 7.80. The number of fused-ring (bicyclic) bond motifs is 1. The maximum atomic E-state index is 9.67. The van der Waals surface area contributed by atoms with E-state index in [0.717, 1.165) is 18.8 Å². The molecule has 0 radical (unpaired) electrons. The van der Waals surface area contributed by atoms with Gasteiger partial charge in [0.25, 0.3) is 0 Å². The molecule has 4 nitrogen and oxygen atoms in total. The van der Waals surface area contributed by atoms with E-state index in [0.29, 0.717) is 5.95 Å². The van der Waals surface area contributed by atoms with Gasteiger partial charge in [0.05, 0.1) is 5.25 Å². The van der Waals surface area contributed by atoms with Gasteiger partial charge in [0.1, 0.15) is 5.82 Å². The molecule has 0 fully saturated rings. The molecule has 1 aliphatic rings. The van der Waals surface area contributed by atoms with Gasteiger partial charge in [-0.15, -0.1) is 10.2 Å². The topological polar surface area (TPSA) is 56.7 Å². The molecule has 1 aromatic heterocycles. The van der Waals surface area contributed by atoms with E-state index in [1.54, 1.807) is 0 Å². The summed E-state index contributed by atoms with van der Waals surface area (Å²) in [6.45, 7) is -2.76. The number of alkyl halides is 3. The van der Waals surface area contributed by atoms with Crippen LogP contribution < -0.4 is 5.73 Å². The SMILES string of the molecule is FC(F)F.Nc1nnc2n1CCC2S. The van der Waals surface area contributed by atoms with Crippen molar-refractivity contribution in [3.8, 4) is 0 Å². The van der Waals surface area contributed by atoms with Crippen LogP contribution in [-0.2, 0) is 6.54 Å². The number of rotatable bonds is 0. The van der Waals surface area contributed by atoms with Crippen molar-refractivity contribution < 1.29 is 13.2 Å². The summed E-state index contributed by atoms with van der Waals surface area (Å²) < 4.78 is 30.9. The Hall–Kier alpha value is -0.920. The lowest BCUT2D eigenvalue weighted by atomic mass is 10.3. The summed E-state index contributed by atoms with van der Waals surface area (Å²) in [6.07, 6.45) is 1.01. The largest absolute Gasteiger partial charge is 0.379 e. The third-order valence-corrected chi connectivity index (χ3v) is 2.22. The Labute approximate surface area is 83.7 Å². The minimum atomic E-state index is -3.67. The zero-order chi connectivity index (χ0) is 10.7. The van der Waals surface area contributed by atoms with Crippen molar-refractivity contribution in [2.45, 2.75) is 24.9 Å². The summed E-state index contributed by atoms with van der Waals surface area (Å²) >= 11 is 4.31. The molecule has 0 bridgehead atoms. The van der Waals surface area contributed by atoms with Crippen LogP contribution in [0.3, 0.4) is 0 Å². The van der Waals surface area contributed by atoms with E-state index in [1.807, 2.05) is 4.57 Å². The van der Waals surface area contributed by atoms with Gasteiger partial charge in [-0.3, -0.25) is 4.57 Å². The van der Waals surface area contributed by atoms with Crippen LogP contribution in [0.4, 0.5) is 19.1 Å². The summed E-state index contributed by atoms with van der Waals surface area (Å²) in [5.74, 6) is 1.41. The lowest BCUT2D eigenvalue weighted by Crippen LogP contribution is -1.99. The zero-order valence-electron chi connectivity index (χ0n) is 7.07. The van der Waals surface area contributed by atoms with Gasteiger partial charge in [-0.05, 0) is 6.42 Å². The summed E-state index contributed by atoms with van der Waals surface area (Å²) in [7, 11) is 0. The number of thiol groups is 1. The number of nitrogens with zero attached hydrogens (tertiary/aromatic N) is 3. The Balaban J connectivity index is 0.000000213. The molecule has 2 N–H and O–H groups in total. The molecule has 0 amide bonds. The average molecular weight is 226 g/mol. The highest BCUT2D eigenvalue weighted by Crippen LogP contribution is 2.30. The predicted octanol–water partition coefficient (Wildman–Crippen LogP) is 1.41. The van der Waals surface area contributed by atoms with Crippen LogP contribution in [0.25, 0.3) is 0 Å². The Bertz CT molecular complexity index is 301. The molecule has 8 heteroatoms. The Morgan fingerprint density at radius 1 is 1.43 bits per heavy atom. The van der Waals surface area contributed by atoms with Crippen LogP contribution >= 0.6 is 12.6 Å². The lowest BCUT2D eigenvalue weighted by molar-refractivity contribution is 0.00819. The third kappa shape index (κ3) is 2.53. The number of halogens is 3. The molecule has 0 spiro atoms. The molecule has 1 aliphatic heterocycles. The minimum Gasteiger partial charge on any atom is -0.368 e. The van der Waals surface area contributed by atoms with E-state index in [4.69, 9.17) is 5.73 Å². The quantitative estimate of drug-likeness (QED) is 0.658. The summed E-state index contributed by atoms with van der Waals surface area (Å²) in [5, 5.41) is 7.85. The van der Waals surface area contributed by atoms with Crippen molar-refractivity contribution in [1.82, 2.24) is 14.8 Å². The monoisotopic (exact) mass is 226 g/mol. The summed E-state index contributed by atoms with van der Waals surface area (Å²) in [5.41, 5.74) is 5.51. The standard InChI is InChI=1S/C5H8N4S.CHF3/c6-5-8-7-4-3(10)1-2-9(4)5;2-1(3)4/h3,10H,1-2H2,(H2,6,8);1H. The zero-order valence-corrected chi connectivity index (χ0v) is 7.96. The second-order valence-electron chi connectivity index (χ2n) is 2.62. The van der Waals surface area contributed by atoms with E-state index in [2.05, 4.69) is 22.8 Å². The maximum absolute atomic E-state index is 9.67. The van der Waals surface area contributed by atoms with E-state index in [-0.39, 0.29) is 5.25 Å². The normalized spacial score (nSPS) is 19.1. The molecular formula is C6H9F3N4S. The smallest absolute Gasteiger partial charge is 0.368 e. The number of anilines is 1. The van der Waals surface area contributed by atoms with Crippen LogP contribution in [0.2, 0.25) is 0 Å². The van der Waals surface area contributed by atoms with Crippen LogP contribution in [0.1, 0.15) is 17.5 Å². The molecule has 2 heterocycles. The van der Waals surface area contributed by atoms with Gasteiger partial charge in [-0.25, -0.2) is 0 Å². The first kappa shape index (κ1) is 11.2. The molecule has 0 aromatic carbocycles. The van der Waals surface area contributed by atoms with Crippen LogP contribution in [0.15, 0.2) is 0 Å². The van der Waals surface area contributed by atoms with Gasteiger partial charge < -0.3 is 5.73 Å². The highest BCUT2D eigenvalue weighted by Gasteiger charge is 2.23. The minimum absolute atomic E-state index is 0.227. The van der Waals surface area contributed by atoms with Gasteiger partial charge in [-0.2, -0.15) is 25.8 Å². The van der Waals surface area contributed by atoms with Crippen molar-refractivity contribution in [3.05, 3.63) is 5.82 Å². The van der Waals surface area contributed by atoms with E-state index in [1.165, 1.54) is 0 Å². The molecule has 0 aliphatic carbocycles. The van der Waals surface area contributed by atoms with Gasteiger partial charge >= 0.3 is 6.68 Å². The lowest BCUT2D eigenvalue weighted by Gasteiger charge is -1.93. The Kier molecular flexibility index (Phi) is 3.62. The van der Waals surface area contributed by atoms with Gasteiger partial charge in [0, 0.05) is 6.54 Å². The number of nitrogens with two attached hydrogens (primary N) is 1. The van der Waals surface area contributed by atoms with Gasteiger partial charge in [0.15, 0.2) is 0 Å². The van der Waals surface area contributed by atoms with Gasteiger partial charge in [0.2, 0.25) is 5.95 Å². The van der Waals surface area contributed by atoms with Gasteiger partial charge in [-0.1, -0.05) is 0 Å². The molecule has 14 heavy (non-hydrogen) atoms. The van der Waals surface area contributed by atoms with Crippen molar-refractivity contribution in [1.29, 1.82) is 0 Å². The van der Waals surface area contributed by atoms with Crippen LogP contribution in [-0.4, -0.2) is 21.4 Å². The second kappa shape index (κ2) is 4.54. The van der Waals surface area contributed by atoms with E-state index >= 15 is 0 Å². The number of hydrogen-bond acceptors (Lipinski definition) is 4. The first-order valence-electron chi connectivity index (χ1n) is 3.81. The van der Waals surface area contributed by atoms with Crippen molar-refractivity contribution in [3.63, 3.8) is 0 Å². The van der Waals surface area contributed by atoms with Crippen molar-refractivity contribution in [2.24, 2.45) is 0 Å². The second-order valence-corrected chi connectivity index (χ2v) is 3.24. The molecule has 1 atom stereocenters. The third-order valence-electron chi connectivity index (χ3n) is 1.73. The van der Waals surface area contributed by atoms with Crippen molar-refractivity contribution >= 4 is 18.6 Å². The molecule has 1 unspecified atom stereocenters. The van der Waals surface area contributed by atoms with E-state index in [9.17, 15) is 13.2 Å². The number of nitrogen functional groups attached to an aromatic ring is 1. The van der Waals surface area contributed by atoms with Crippen LogP contribution in [0.5, 0.6) is 0 Å². The molecular weight excluding hydrogens is 217 g/mol. The Morgan fingerprint density at radius 3 is 2.50 bits per heavy atom. The molecule has 0 saturated heterocycles. The fourth-order valence-electron chi connectivity index (χ4n) is 1.18. The predicted molar refractivity (Wildman–Crippen MR) is 47.9 cm³/mol. The van der Waals surface area contributed by atoms with E-state index < -0.39 is 6.68 Å². The fraction of sp³-hybridized carbons (Fsp3) is 0.667.